The molecule has 5 nitrogen and oxygen atoms in total. The summed E-state index contributed by atoms with van der Waals surface area (Å²) in [4.78, 5) is 15.6. The summed E-state index contributed by atoms with van der Waals surface area (Å²) in [6, 6.07) is 5.25. The number of halogens is 1. The lowest BCUT2D eigenvalue weighted by Crippen LogP contribution is -2.09. The van der Waals surface area contributed by atoms with Crippen molar-refractivity contribution in [2.24, 2.45) is 0 Å². The molecule has 6 heteroatoms. The van der Waals surface area contributed by atoms with Gasteiger partial charge in [-0.05, 0) is 30.7 Å². The average Bonchev–Trinajstić information content (AvgIpc) is 2.92. The van der Waals surface area contributed by atoms with E-state index >= 15 is 0 Å². The maximum Gasteiger partial charge on any atom is 0.338 e. The molecule has 0 unspecified atom stereocenters. The first-order valence-corrected chi connectivity index (χ1v) is 5.91. The van der Waals surface area contributed by atoms with Crippen molar-refractivity contribution in [2.45, 2.75) is 13.3 Å². The van der Waals surface area contributed by atoms with Crippen LogP contribution in [0.5, 0.6) is 0 Å². The molecule has 0 saturated carbocycles. The van der Waals surface area contributed by atoms with Gasteiger partial charge in [0.05, 0.1) is 24.5 Å². The van der Waals surface area contributed by atoms with Crippen LogP contribution >= 0.6 is 0 Å². The maximum absolute atomic E-state index is 11.9. The van der Waals surface area contributed by atoms with Gasteiger partial charge in [0.25, 0.3) is 0 Å². The summed E-state index contributed by atoms with van der Waals surface area (Å²) in [6.45, 7) is 1.42. The summed E-state index contributed by atoms with van der Waals surface area (Å²) in [5.41, 5.74) is 2.07. The third kappa shape index (κ3) is 3.15. The van der Waals surface area contributed by atoms with Crippen molar-refractivity contribution in [1.29, 1.82) is 0 Å². The Morgan fingerprint density at radius 2 is 2.32 bits per heavy atom. The predicted octanol–water partition coefficient (Wildman–Crippen LogP) is 2.09. The number of nitrogens with zero attached hydrogens (tertiary/aromatic N) is 3. The molecule has 0 atom stereocenters. The lowest BCUT2D eigenvalue weighted by molar-refractivity contribution is 0.0493. The van der Waals surface area contributed by atoms with Crippen molar-refractivity contribution in [1.82, 2.24) is 14.8 Å². The highest BCUT2D eigenvalue weighted by Crippen LogP contribution is 2.15. The van der Waals surface area contributed by atoms with Gasteiger partial charge in [-0.15, -0.1) is 0 Å². The van der Waals surface area contributed by atoms with E-state index in [0.29, 0.717) is 5.56 Å². The fraction of sp³-hybridized carbons (Fsp3) is 0.308. The number of aryl methyl sites for hydroxylation is 1. The van der Waals surface area contributed by atoms with Crippen LogP contribution in [-0.2, 0) is 4.74 Å². The Morgan fingerprint density at radius 1 is 1.47 bits per heavy atom. The van der Waals surface area contributed by atoms with Gasteiger partial charge >= 0.3 is 5.97 Å². The minimum absolute atomic E-state index is 0.0968. The van der Waals surface area contributed by atoms with Gasteiger partial charge in [-0.3, -0.25) is 4.39 Å². The van der Waals surface area contributed by atoms with Gasteiger partial charge < -0.3 is 4.74 Å². The topological polar surface area (TPSA) is 57.0 Å². The molecular weight excluding hydrogens is 249 g/mol. The minimum atomic E-state index is -0.489. The van der Waals surface area contributed by atoms with Crippen LogP contribution in [0.15, 0.2) is 30.9 Å². The van der Waals surface area contributed by atoms with Gasteiger partial charge in [0.15, 0.2) is 0 Å². The average molecular weight is 263 g/mol. The first-order chi connectivity index (χ1) is 9.22. The second-order valence-electron chi connectivity index (χ2n) is 4.02. The van der Waals surface area contributed by atoms with Crippen LogP contribution in [0.1, 0.15) is 22.3 Å². The molecule has 0 spiro atoms. The molecule has 0 aliphatic carbocycles. The number of carbonyl (C=O) groups is 1. The number of hydrogen-bond acceptors (Lipinski definition) is 4. The van der Waals surface area contributed by atoms with Crippen molar-refractivity contribution < 1.29 is 13.9 Å². The first kappa shape index (κ1) is 13.2. The van der Waals surface area contributed by atoms with Crippen molar-refractivity contribution in [3.8, 4) is 5.69 Å². The van der Waals surface area contributed by atoms with E-state index in [-0.39, 0.29) is 13.0 Å². The molecule has 0 fully saturated rings. The predicted molar refractivity (Wildman–Crippen MR) is 67.0 cm³/mol. The first-order valence-electron chi connectivity index (χ1n) is 5.91. The Hall–Kier alpha value is -2.24. The summed E-state index contributed by atoms with van der Waals surface area (Å²) in [5, 5.41) is 4.01. The van der Waals surface area contributed by atoms with Crippen molar-refractivity contribution in [3.05, 3.63) is 42.0 Å². The summed E-state index contributed by atoms with van der Waals surface area (Å²) < 4.78 is 18.5. The highest BCUT2D eigenvalue weighted by atomic mass is 19.1. The molecule has 0 aliphatic rings. The van der Waals surface area contributed by atoms with Crippen molar-refractivity contribution >= 4 is 5.97 Å². The number of aromatic nitrogens is 3. The van der Waals surface area contributed by atoms with Crippen LogP contribution in [-0.4, -0.2) is 34.0 Å². The van der Waals surface area contributed by atoms with E-state index in [1.807, 2.05) is 13.0 Å². The molecular formula is C13H14FN3O2. The summed E-state index contributed by atoms with van der Waals surface area (Å²) in [5.74, 6) is -0.434. The Bertz CT molecular complexity index is 555. The van der Waals surface area contributed by atoms with Crippen LogP contribution in [0.3, 0.4) is 0 Å². The van der Waals surface area contributed by atoms with E-state index < -0.39 is 12.6 Å². The van der Waals surface area contributed by atoms with E-state index in [1.165, 1.54) is 6.33 Å². The SMILES string of the molecule is Cc1cc(-n2cncn2)ccc1C(=O)OCCCF. The summed E-state index contributed by atoms with van der Waals surface area (Å²) in [7, 11) is 0. The number of rotatable bonds is 5. The van der Waals surface area contributed by atoms with Gasteiger partial charge in [0.1, 0.15) is 12.7 Å². The van der Waals surface area contributed by atoms with Crippen molar-refractivity contribution in [3.63, 3.8) is 0 Å². The van der Waals surface area contributed by atoms with Gasteiger partial charge in [-0.25, -0.2) is 14.5 Å². The number of esters is 1. The molecule has 0 bridgehead atoms. The number of benzene rings is 1. The Labute approximate surface area is 110 Å². The highest BCUT2D eigenvalue weighted by Gasteiger charge is 2.11. The monoisotopic (exact) mass is 263 g/mol. The molecule has 0 radical (unpaired) electrons. The van der Waals surface area contributed by atoms with Gasteiger partial charge in [-0.1, -0.05) is 0 Å². The lowest BCUT2D eigenvalue weighted by atomic mass is 10.1. The molecule has 1 aromatic carbocycles. The zero-order valence-electron chi connectivity index (χ0n) is 10.5. The van der Waals surface area contributed by atoms with E-state index in [4.69, 9.17) is 4.74 Å². The van der Waals surface area contributed by atoms with E-state index in [1.54, 1.807) is 23.1 Å². The quantitative estimate of drug-likeness (QED) is 0.612. The lowest BCUT2D eigenvalue weighted by Gasteiger charge is -2.08. The number of hydrogen-bond donors (Lipinski definition) is 0. The fourth-order valence-electron chi connectivity index (χ4n) is 1.66. The Balaban J connectivity index is 2.13. The molecule has 1 aromatic heterocycles. The van der Waals surface area contributed by atoms with Crippen LogP contribution < -0.4 is 0 Å². The molecule has 19 heavy (non-hydrogen) atoms. The third-order valence-electron chi connectivity index (χ3n) is 2.62. The standard InChI is InChI=1S/C13H14FN3O2/c1-10-7-11(17-9-15-8-16-17)3-4-12(10)13(18)19-6-2-5-14/h3-4,7-9H,2,5-6H2,1H3. The molecule has 2 aromatic rings. The second-order valence-corrected chi connectivity index (χ2v) is 4.02. The van der Waals surface area contributed by atoms with E-state index in [0.717, 1.165) is 11.3 Å². The molecule has 100 valence electrons. The maximum atomic E-state index is 11.9. The van der Waals surface area contributed by atoms with Crippen LogP contribution in [0.25, 0.3) is 5.69 Å². The van der Waals surface area contributed by atoms with Gasteiger partial charge in [0.2, 0.25) is 0 Å². The Kier molecular flexibility index (Phi) is 4.22. The number of alkyl halides is 1. The molecule has 0 N–H and O–H groups in total. The summed E-state index contributed by atoms with van der Waals surface area (Å²) in [6.07, 6.45) is 3.24. The third-order valence-corrected chi connectivity index (χ3v) is 2.62. The highest BCUT2D eigenvalue weighted by molar-refractivity contribution is 5.91. The van der Waals surface area contributed by atoms with Crippen molar-refractivity contribution in [2.75, 3.05) is 13.3 Å². The van der Waals surface area contributed by atoms with Crippen LogP contribution in [0, 0.1) is 6.92 Å². The normalized spacial score (nSPS) is 10.4. The number of carbonyl (C=O) groups excluding carboxylic acids is 1. The summed E-state index contributed by atoms with van der Waals surface area (Å²) >= 11 is 0. The van der Waals surface area contributed by atoms with Crippen LogP contribution in [0.4, 0.5) is 4.39 Å². The second kappa shape index (κ2) is 6.08. The molecule has 0 aliphatic heterocycles. The van der Waals surface area contributed by atoms with Gasteiger partial charge in [0, 0.05) is 6.42 Å². The molecule has 1 heterocycles. The van der Waals surface area contributed by atoms with Crippen LogP contribution in [0.2, 0.25) is 0 Å². The molecule has 0 amide bonds. The van der Waals surface area contributed by atoms with E-state index in [9.17, 15) is 9.18 Å². The molecule has 0 saturated heterocycles. The Morgan fingerprint density at radius 3 is 2.95 bits per heavy atom. The minimum Gasteiger partial charge on any atom is -0.462 e. The largest absolute Gasteiger partial charge is 0.462 e. The smallest absolute Gasteiger partial charge is 0.338 e. The zero-order chi connectivity index (χ0) is 13.7. The molecule has 2 rings (SSSR count). The van der Waals surface area contributed by atoms with E-state index in [2.05, 4.69) is 10.1 Å². The zero-order valence-corrected chi connectivity index (χ0v) is 10.5. The number of ether oxygens (including phenoxy) is 1. The fourth-order valence-corrected chi connectivity index (χ4v) is 1.66. The van der Waals surface area contributed by atoms with Gasteiger partial charge in [-0.2, -0.15) is 5.10 Å².